The molecule has 0 bridgehead atoms. The third-order valence-corrected chi connectivity index (χ3v) is 3.59. The van der Waals surface area contributed by atoms with Crippen LogP contribution in [0, 0.1) is 6.92 Å². The molecule has 0 aromatic heterocycles. The second-order valence-electron chi connectivity index (χ2n) is 3.27. The predicted octanol–water partition coefficient (Wildman–Crippen LogP) is 4.18. The predicted molar refractivity (Wildman–Crippen MR) is 68.2 cm³/mol. The molecule has 0 amide bonds. The van der Waals surface area contributed by atoms with Gasteiger partial charge in [-0.25, -0.2) is 0 Å². The number of hydrogen-bond donors (Lipinski definition) is 0. The second-order valence-corrected chi connectivity index (χ2v) is 5.03. The molecule has 0 radical (unpaired) electrons. The summed E-state index contributed by atoms with van der Waals surface area (Å²) in [5.74, 6) is 0.324. The van der Waals surface area contributed by atoms with E-state index in [1.807, 2.05) is 13.0 Å². The van der Waals surface area contributed by atoms with Crippen molar-refractivity contribution in [1.82, 2.24) is 0 Å². The van der Waals surface area contributed by atoms with Crippen LogP contribution in [0.5, 0.6) is 0 Å². The minimum Gasteiger partial charge on any atom is -0.293 e. The van der Waals surface area contributed by atoms with E-state index in [1.54, 1.807) is 12.1 Å². The lowest BCUT2D eigenvalue weighted by atomic mass is 10.1. The van der Waals surface area contributed by atoms with Crippen LogP contribution >= 0.6 is 39.1 Å². The van der Waals surface area contributed by atoms with Gasteiger partial charge in [0.1, 0.15) is 0 Å². The molecule has 0 aliphatic heterocycles. The number of carbonyl (C=O) groups excluding carboxylic acids is 1. The zero-order chi connectivity index (χ0) is 11.4. The fourth-order valence-corrected chi connectivity index (χ4v) is 2.10. The molecule has 0 spiro atoms. The molecular formula is C11H11BrCl2O. The highest BCUT2D eigenvalue weighted by Crippen LogP contribution is 2.20. The summed E-state index contributed by atoms with van der Waals surface area (Å²) in [7, 11) is 0. The molecule has 0 aliphatic carbocycles. The quantitative estimate of drug-likeness (QED) is 0.602. The van der Waals surface area contributed by atoms with Crippen LogP contribution in [0.4, 0.5) is 0 Å². The van der Waals surface area contributed by atoms with Gasteiger partial charge in [0.2, 0.25) is 0 Å². The summed E-state index contributed by atoms with van der Waals surface area (Å²) < 4.78 is 0.920. The van der Waals surface area contributed by atoms with Crippen LogP contribution in [0.25, 0.3) is 0 Å². The molecule has 0 N–H and O–H groups in total. The number of alkyl halides is 2. The summed E-state index contributed by atoms with van der Waals surface area (Å²) in [6.45, 7) is 1.97. The monoisotopic (exact) mass is 308 g/mol. The van der Waals surface area contributed by atoms with Crippen molar-refractivity contribution >= 4 is 44.9 Å². The Bertz CT molecular complexity index is 366. The van der Waals surface area contributed by atoms with Gasteiger partial charge in [0.05, 0.1) is 5.38 Å². The lowest BCUT2D eigenvalue weighted by Gasteiger charge is -2.07. The molecule has 1 aromatic rings. The fraction of sp³-hybridized carbons (Fsp3) is 0.364. The summed E-state index contributed by atoms with van der Waals surface area (Å²) in [6.07, 6.45) is 0.493. The van der Waals surface area contributed by atoms with Crippen molar-refractivity contribution in [1.29, 1.82) is 0 Å². The minimum absolute atomic E-state index is 0.0713. The maximum absolute atomic E-state index is 11.8. The van der Waals surface area contributed by atoms with Gasteiger partial charge in [0.15, 0.2) is 5.78 Å². The number of benzene rings is 1. The Labute approximate surface area is 108 Å². The SMILES string of the molecule is Cc1ccc(C(=O)C(Cl)CCCl)cc1Br. The van der Waals surface area contributed by atoms with Crippen LogP contribution in [-0.4, -0.2) is 17.0 Å². The smallest absolute Gasteiger partial charge is 0.180 e. The third kappa shape index (κ3) is 3.47. The molecule has 0 saturated heterocycles. The Morgan fingerprint density at radius 2 is 2.20 bits per heavy atom. The first-order chi connectivity index (χ1) is 7.06. The first kappa shape index (κ1) is 13.0. The van der Waals surface area contributed by atoms with Gasteiger partial charge < -0.3 is 0 Å². The van der Waals surface area contributed by atoms with Gasteiger partial charge in [-0.15, -0.1) is 23.2 Å². The molecule has 0 aliphatic rings. The van der Waals surface area contributed by atoms with Crippen molar-refractivity contribution in [2.75, 3.05) is 5.88 Å². The number of Topliss-reactive ketones (excluding diaryl/α,β-unsaturated/α-hetero) is 1. The Balaban J connectivity index is 2.87. The highest BCUT2D eigenvalue weighted by Gasteiger charge is 2.17. The number of ketones is 1. The van der Waals surface area contributed by atoms with E-state index in [4.69, 9.17) is 23.2 Å². The van der Waals surface area contributed by atoms with Crippen molar-refractivity contribution in [3.05, 3.63) is 33.8 Å². The van der Waals surface area contributed by atoms with Gasteiger partial charge in [-0.2, -0.15) is 0 Å². The van der Waals surface area contributed by atoms with Gasteiger partial charge in [0, 0.05) is 15.9 Å². The molecule has 1 aromatic carbocycles. The van der Waals surface area contributed by atoms with E-state index in [1.165, 1.54) is 0 Å². The van der Waals surface area contributed by atoms with E-state index in [-0.39, 0.29) is 5.78 Å². The van der Waals surface area contributed by atoms with Crippen LogP contribution in [0.2, 0.25) is 0 Å². The molecule has 1 rings (SSSR count). The molecule has 82 valence electrons. The van der Waals surface area contributed by atoms with E-state index < -0.39 is 5.38 Å². The van der Waals surface area contributed by atoms with Crippen molar-refractivity contribution in [3.63, 3.8) is 0 Å². The van der Waals surface area contributed by atoms with Crippen molar-refractivity contribution in [2.45, 2.75) is 18.7 Å². The van der Waals surface area contributed by atoms with Gasteiger partial charge in [-0.1, -0.05) is 28.1 Å². The van der Waals surface area contributed by atoms with Crippen LogP contribution in [0.3, 0.4) is 0 Å². The zero-order valence-electron chi connectivity index (χ0n) is 8.27. The normalized spacial score (nSPS) is 12.5. The van der Waals surface area contributed by atoms with Crippen molar-refractivity contribution in [3.8, 4) is 0 Å². The molecule has 1 atom stereocenters. The number of rotatable bonds is 4. The number of hydrogen-bond acceptors (Lipinski definition) is 1. The topological polar surface area (TPSA) is 17.1 Å². The molecule has 1 nitrogen and oxygen atoms in total. The maximum atomic E-state index is 11.8. The first-order valence-corrected chi connectivity index (χ1v) is 6.33. The van der Waals surface area contributed by atoms with E-state index >= 15 is 0 Å². The molecule has 0 heterocycles. The van der Waals surface area contributed by atoms with Gasteiger partial charge in [-0.05, 0) is 25.0 Å². The molecule has 0 fully saturated rings. The van der Waals surface area contributed by atoms with Crippen LogP contribution < -0.4 is 0 Å². The average molecular weight is 310 g/mol. The second kappa shape index (κ2) is 5.88. The van der Waals surface area contributed by atoms with Crippen LogP contribution in [-0.2, 0) is 0 Å². The first-order valence-electron chi connectivity index (χ1n) is 4.56. The Hall–Kier alpha value is -0.0500. The average Bonchev–Trinajstić information content (AvgIpc) is 2.21. The van der Waals surface area contributed by atoms with E-state index in [9.17, 15) is 4.79 Å². The van der Waals surface area contributed by atoms with Gasteiger partial charge in [0.25, 0.3) is 0 Å². The number of carbonyl (C=O) groups is 1. The van der Waals surface area contributed by atoms with Crippen molar-refractivity contribution in [2.24, 2.45) is 0 Å². The summed E-state index contributed by atoms with van der Waals surface area (Å²) in [5, 5.41) is -0.530. The summed E-state index contributed by atoms with van der Waals surface area (Å²) >= 11 is 14.8. The lowest BCUT2D eigenvalue weighted by molar-refractivity contribution is 0.0986. The number of aryl methyl sites for hydroxylation is 1. The molecular weight excluding hydrogens is 299 g/mol. The molecule has 15 heavy (non-hydrogen) atoms. The molecule has 4 heteroatoms. The minimum atomic E-state index is -0.530. The molecule has 1 unspecified atom stereocenters. The van der Waals surface area contributed by atoms with Gasteiger partial charge >= 0.3 is 0 Å². The van der Waals surface area contributed by atoms with E-state index in [0.717, 1.165) is 10.0 Å². The summed E-state index contributed by atoms with van der Waals surface area (Å²) in [6, 6.07) is 5.47. The Morgan fingerprint density at radius 1 is 1.53 bits per heavy atom. The highest BCUT2D eigenvalue weighted by molar-refractivity contribution is 9.10. The largest absolute Gasteiger partial charge is 0.293 e. The molecule has 0 saturated carbocycles. The van der Waals surface area contributed by atoms with E-state index in [0.29, 0.717) is 17.9 Å². The third-order valence-electron chi connectivity index (χ3n) is 2.10. The van der Waals surface area contributed by atoms with Crippen molar-refractivity contribution < 1.29 is 4.79 Å². The Morgan fingerprint density at radius 3 is 2.73 bits per heavy atom. The van der Waals surface area contributed by atoms with Crippen LogP contribution in [0.1, 0.15) is 22.3 Å². The fourth-order valence-electron chi connectivity index (χ4n) is 1.15. The van der Waals surface area contributed by atoms with Gasteiger partial charge in [-0.3, -0.25) is 4.79 Å². The summed E-state index contributed by atoms with van der Waals surface area (Å²) in [4.78, 5) is 11.8. The highest BCUT2D eigenvalue weighted by atomic mass is 79.9. The van der Waals surface area contributed by atoms with E-state index in [2.05, 4.69) is 15.9 Å². The Kier molecular flexibility index (Phi) is 5.10. The maximum Gasteiger partial charge on any atom is 0.180 e. The van der Waals surface area contributed by atoms with Crippen LogP contribution in [0.15, 0.2) is 22.7 Å². The standard InChI is InChI=1S/C11H11BrCl2O/c1-7-2-3-8(6-9(7)12)11(15)10(14)4-5-13/h2-3,6,10H,4-5H2,1H3. The lowest BCUT2D eigenvalue weighted by Crippen LogP contribution is -2.15. The summed E-state index contributed by atoms with van der Waals surface area (Å²) in [5.41, 5.74) is 1.72. The number of halogens is 3. The zero-order valence-corrected chi connectivity index (χ0v) is 11.4.